The SMILES string of the molecule is CSc1ncc(Cl)c(-c2cc(=O)c3c(F)cc(F)cc3[nH]2)n1. The highest BCUT2D eigenvalue weighted by atomic mass is 35.5. The number of fused-ring (bicyclic) bond motifs is 1. The average Bonchev–Trinajstić information content (AvgIpc) is 2.46. The first-order valence-electron chi connectivity index (χ1n) is 6.08. The lowest BCUT2D eigenvalue weighted by Crippen LogP contribution is -2.07. The van der Waals surface area contributed by atoms with Gasteiger partial charge in [0.25, 0.3) is 0 Å². The predicted octanol–water partition coefficient (Wildman–Crippen LogP) is 3.64. The molecular weight excluding hydrogens is 332 g/mol. The molecule has 1 aromatic carbocycles. The number of nitrogens with zero attached hydrogens (tertiary/aromatic N) is 2. The number of hydrogen-bond acceptors (Lipinski definition) is 4. The van der Waals surface area contributed by atoms with Crippen LogP contribution >= 0.6 is 23.4 Å². The Morgan fingerprint density at radius 3 is 2.77 bits per heavy atom. The van der Waals surface area contributed by atoms with Crippen molar-refractivity contribution < 1.29 is 8.78 Å². The van der Waals surface area contributed by atoms with Crippen LogP contribution in [0.1, 0.15) is 0 Å². The van der Waals surface area contributed by atoms with Crippen molar-refractivity contribution in [2.24, 2.45) is 0 Å². The summed E-state index contributed by atoms with van der Waals surface area (Å²) in [5, 5.41) is 0.482. The van der Waals surface area contributed by atoms with Crippen molar-refractivity contribution in [2.45, 2.75) is 5.16 Å². The van der Waals surface area contributed by atoms with Crippen LogP contribution in [0.15, 0.2) is 34.3 Å². The van der Waals surface area contributed by atoms with E-state index in [2.05, 4.69) is 15.0 Å². The van der Waals surface area contributed by atoms with Crippen LogP contribution in [0.5, 0.6) is 0 Å². The highest BCUT2D eigenvalue weighted by molar-refractivity contribution is 7.98. The quantitative estimate of drug-likeness (QED) is 0.572. The van der Waals surface area contributed by atoms with E-state index in [-0.39, 0.29) is 21.6 Å². The van der Waals surface area contributed by atoms with Crippen molar-refractivity contribution >= 4 is 34.3 Å². The Labute approximate surface area is 132 Å². The molecule has 0 saturated carbocycles. The van der Waals surface area contributed by atoms with Crippen molar-refractivity contribution in [2.75, 3.05) is 6.26 Å². The van der Waals surface area contributed by atoms with Gasteiger partial charge in [-0.25, -0.2) is 18.7 Å². The van der Waals surface area contributed by atoms with Crippen molar-refractivity contribution in [3.63, 3.8) is 0 Å². The van der Waals surface area contributed by atoms with Gasteiger partial charge in [0.1, 0.15) is 17.3 Å². The molecule has 3 rings (SSSR count). The molecule has 0 aliphatic carbocycles. The fraction of sp³-hybridized carbons (Fsp3) is 0.0714. The number of aromatic amines is 1. The molecule has 4 nitrogen and oxygen atoms in total. The zero-order valence-electron chi connectivity index (χ0n) is 11.2. The first kappa shape index (κ1) is 14.9. The Kier molecular flexibility index (Phi) is 3.84. The first-order valence-corrected chi connectivity index (χ1v) is 7.69. The van der Waals surface area contributed by atoms with Crippen LogP contribution in [0.2, 0.25) is 5.02 Å². The molecule has 0 unspecified atom stereocenters. The van der Waals surface area contributed by atoms with E-state index in [9.17, 15) is 13.6 Å². The summed E-state index contributed by atoms with van der Waals surface area (Å²) in [4.78, 5) is 23.1. The van der Waals surface area contributed by atoms with Gasteiger partial charge < -0.3 is 4.98 Å². The van der Waals surface area contributed by atoms with E-state index in [1.165, 1.54) is 24.0 Å². The number of thioether (sulfide) groups is 1. The van der Waals surface area contributed by atoms with E-state index in [4.69, 9.17) is 11.6 Å². The number of benzene rings is 1. The average molecular weight is 340 g/mol. The molecule has 0 aliphatic rings. The van der Waals surface area contributed by atoms with Gasteiger partial charge in [-0.1, -0.05) is 23.4 Å². The van der Waals surface area contributed by atoms with Gasteiger partial charge in [-0.15, -0.1) is 0 Å². The molecule has 0 aliphatic heterocycles. The maximum absolute atomic E-state index is 13.7. The van der Waals surface area contributed by atoms with Gasteiger partial charge in [0.2, 0.25) is 0 Å². The Bertz CT molecular complexity index is 945. The maximum Gasteiger partial charge on any atom is 0.193 e. The highest BCUT2D eigenvalue weighted by Crippen LogP contribution is 2.26. The number of nitrogens with one attached hydrogen (secondary N) is 1. The van der Waals surface area contributed by atoms with E-state index in [1.807, 2.05) is 0 Å². The molecule has 0 amide bonds. The van der Waals surface area contributed by atoms with Gasteiger partial charge in [0.05, 0.1) is 27.8 Å². The molecule has 2 heterocycles. The lowest BCUT2D eigenvalue weighted by molar-refractivity contribution is 0.591. The highest BCUT2D eigenvalue weighted by Gasteiger charge is 2.14. The molecule has 0 spiro atoms. The molecular formula is C14H8ClF2N3OS. The summed E-state index contributed by atoms with van der Waals surface area (Å²) in [6, 6.07) is 2.90. The lowest BCUT2D eigenvalue weighted by atomic mass is 10.1. The molecule has 2 aromatic heterocycles. The largest absolute Gasteiger partial charge is 0.353 e. The minimum Gasteiger partial charge on any atom is -0.353 e. The molecule has 3 aromatic rings. The zero-order valence-corrected chi connectivity index (χ0v) is 12.7. The van der Waals surface area contributed by atoms with Crippen molar-refractivity contribution in [3.8, 4) is 11.4 Å². The molecule has 1 N–H and O–H groups in total. The number of H-pyrrole nitrogens is 1. The second kappa shape index (κ2) is 5.66. The second-order valence-electron chi connectivity index (χ2n) is 4.41. The molecule has 22 heavy (non-hydrogen) atoms. The van der Waals surface area contributed by atoms with Crippen LogP contribution in [0.25, 0.3) is 22.3 Å². The molecule has 8 heteroatoms. The maximum atomic E-state index is 13.7. The van der Waals surface area contributed by atoms with E-state index < -0.39 is 17.1 Å². The van der Waals surface area contributed by atoms with Crippen molar-refractivity contribution in [3.05, 3.63) is 51.3 Å². The molecule has 0 saturated heterocycles. The summed E-state index contributed by atoms with van der Waals surface area (Å²) in [5.41, 5.74) is 0.0249. The number of aromatic nitrogens is 3. The smallest absolute Gasteiger partial charge is 0.193 e. The monoisotopic (exact) mass is 339 g/mol. The van der Waals surface area contributed by atoms with Gasteiger partial charge in [-0.2, -0.15) is 0 Å². The standard InChI is InChI=1S/C14H8ClF2N3OS/c1-22-14-18-5-7(15)13(20-14)10-4-11(21)12-8(17)2-6(16)3-9(12)19-10/h2-5H,1H3,(H,19,21). The van der Waals surface area contributed by atoms with E-state index in [1.54, 1.807) is 6.26 Å². The van der Waals surface area contributed by atoms with Gasteiger partial charge in [-0.3, -0.25) is 4.79 Å². The summed E-state index contributed by atoms with van der Waals surface area (Å²) >= 11 is 7.36. The predicted molar refractivity (Wildman–Crippen MR) is 82.3 cm³/mol. The van der Waals surface area contributed by atoms with Crippen LogP contribution < -0.4 is 5.43 Å². The number of pyridine rings is 1. The summed E-state index contributed by atoms with van der Waals surface area (Å²) in [7, 11) is 0. The van der Waals surface area contributed by atoms with Crippen LogP contribution in [-0.4, -0.2) is 21.2 Å². The fourth-order valence-corrected chi connectivity index (χ4v) is 2.61. The lowest BCUT2D eigenvalue weighted by Gasteiger charge is -2.07. The number of halogens is 3. The van der Waals surface area contributed by atoms with Crippen molar-refractivity contribution in [1.82, 2.24) is 15.0 Å². The van der Waals surface area contributed by atoms with Gasteiger partial charge >= 0.3 is 0 Å². The van der Waals surface area contributed by atoms with Gasteiger partial charge in [0, 0.05) is 12.1 Å². The minimum atomic E-state index is -0.915. The number of rotatable bonds is 2. The van der Waals surface area contributed by atoms with Crippen LogP contribution in [0.3, 0.4) is 0 Å². The molecule has 0 fully saturated rings. The third-order valence-corrected chi connectivity index (χ3v) is 3.84. The minimum absolute atomic E-state index is 0.0420. The molecule has 112 valence electrons. The van der Waals surface area contributed by atoms with E-state index in [0.717, 1.165) is 6.07 Å². The van der Waals surface area contributed by atoms with Gasteiger partial charge in [-0.05, 0) is 12.3 Å². The third-order valence-electron chi connectivity index (χ3n) is 3.01. The van der Waals surface area contributed by atoms with Crippen LogP contribution in [0, 0.1) is 11.6 Å². The second-order valence-corrected chi connectivity index (χ2v) is 5.59. The molecule has 0 atom stereocenters. The third kappa shape index (κ3) is 2.57. The zero-order chi connectivity index (χ0) is 15.9. The van der Waals surface area contributed by atoms with Crippen molar-refractivity contribution in [1.29, 1.82) is 0 Å². The Morgan fingerprint density at radius 1 is 1.27 bits per heavy atom. The number of hydrogen-bond donors (Lipinski definition) is 1. The summed E-state index contributed by atoms with van der Waals surface area (Å²) in [6.07, 6.45) is 3.20. The van der Waals surface area contributed by atoms with Crippen LogP contribution in [0.4, 0.5) is 8.78 Å². The summed E-state index contributed by atoms with van der Waals surface area (Å²) in [5.74, 6) is -1.70. The van der Waals surface area contributed by atoms with Gasteiger partial charge in [0.15, 0.2) is 10.6 Å². The van der Waals surface area contributed by atoms with Crippen LogP contribution in [-0.2, 0) is 0 Å². The normalized spacial score (nSPS) is 11.1. The Balaban J connectivity index is 2.31. The first-order chi connectivity index (χ1) is 10.5. The molecule has 0 radical (unpaired) electrons. The van der Waals surface area contributed by atoms with E-state index >= 15 is 0 Å². The fourth-order valence-electron chi connectivity index (χ4n) is 2.07. The van der Waals surface area contributed by atoms with E-state index in [0.29, 0.717) is 16.9 Å². The topological polar surface area (TPSA) is 58.6 Å². The summed E-state index contributed by atoms with van der Waals surface area (Å²) in [6.45, 7) is 0. The summed E-state index contributed by atoms with van der Waals surface area (Å²) < 4.78 is 27.1. The Hall–Kier alpha value is -1.99. The Morgan fingerprint density at radius 2 is 2.05 bits per heavy atom. The molecule has 0 bridgehead atoms.